The summed E-state index contributed by atoms with van der Waals surface area (Å²) in [6.07, 6.45) is 1.83. The third-order valence-electron chi connectivity index (χ3n) is 6.17. The van der Waals surface area contributed by atoms with Crippen molar-refractivity contribution >= 4 is 68.0 Å². The number of benzene rings is 3. The topological polar surface area (TPSA) is 77.6 Å². The van der Waals surface area contributed by atoms with Crippen molar-refractivity contribution in [2.75, 3.05) is 0 Å². The lowest BCUT2D eigenvalue weighted by Gasteiger charge is -2.36. The maximum Gasteiger partial charge on any atom is 0.324 e. The van der Waals surface area contributed by atoms with Gasteiger partial charge in [-0.05, 0) is 92.2 Å². The van der Waals surface area contributed by atoms with Crippen molar-refractivity contribution in [3.8, 4) is 5.75 Å². The molecular formula is C28H22FI2NO5. The molecule has 4 aromatic rings. The highest BCUT2D eigenvalue weighted by Gasteiger charge is 2.48. The van der Waals surface area contributed by atoms with Crippen LogP contribution in [0.1, 0.15) is 36.5 Å². The molecule has 1 saturated heterocycles. The zero-order chi connectivity index (χ0) is 26.3. The lowest BCUT2D eigenvalue weighted by atomic mass is 9.80. The van der Waals surface area contributed by atoms with Crippen LogP contribution in [0.25, 0.3) is 10.9 Å². The Bertz CT molecular complexity index is 1460. The molecule has 3 aromatic carbocycles. The summed E-state index contributed by atoms with van der Waals surface area (Å²) in [5, 5.41) is 0.902. The van der Waals surface area contributed by atoms with Gasteiger partial charge in [-0.2, -0.15) is 0 Å². The first kappa shape index (κ1) is 26.0. The Morgan fingerprint density at radius 1 is 1.00 bits per heavy atom. The van der Waals surface area contributed by atoms with Gasteiger partial charge in [0.15, 0.2) is 5.92 Å². The second kappa shape index (κ2) is 10.2. The summed E-state index contributed by atoms with van der Waals surface area (Å²) >= 11 is 4.37. The summed E-state index contributed by atoms with van der Waals surface area (Å²) in [6.45, 7) is 3.35. The van der Waals surface area contributed by atoms with Gasteiger partial charge in [-0.25, -0.2) is 4.39 Å². The predicted octanol–water partition coefficient (Wildman–Crippen LogP) is 6.68. The fraction of sp³-hybridized carbons (Fsp3) is 0.214. The number of carbonyl (C=O) groups is 2. The molecule has 0 saturated carbocycles. The lowest BCUT2D eigenvalue weighted by molar-refractivity contribution is -0.240. The van der Waals surface area contributed by atoms with E-state index in [4.69, 9.17) is 14.2 Å². The van der Waals surface area contributed by atoms with Gasteiger partial charge in [0.25, 0.3) is 5.79 Å². The highest BCUT2D eigenvalue weighted by molar-refractivity contribution is 14.1. The number of hydrogen-bond acceptors (Lipinski definition) is 5. The van der Waals surface area contributed by atoms with Crippen molar-refractivity contribution in [3.05, 3.63) is 96.5 Å². The second-order valence-electron chi connectivity index (χ2n) is 9.22. The second-order valence-corrected chi connectivity index (χ2v) is 11.5. The first-order valence-corrected chi connectivity index (χ1v) is 13.7. The van der Waals surface area contributed by atoms with Gasteiger partial charge in [0, 0.05) is 36.9 Å². The number of hydrogen-bond donors (Lipinski definition) is 1. The summed E-state index contributed by atoms with van der Waals surface area (Å²) in [6, 6.07) is 17.7. The van der Waals surface area contributed by atoms with E-state index >= 15 is 0 Å². The standard InChI is InChI=1S/C28H22FI2NO5/c1-28(2)36-26(33)24(27(34)37-28)23(19-13-32-22-6-4-3-5-18(19)22)16-11-20(30)25(21(31)12-16)35-14-15-7-9-17(29)10-8-15/h3-13,23-24,32H,14H2,1-2H3/t23-/m0/s1. The highest BCUT2D eigenvalue weighted by Crippen LogP contribution is 2.43. The molecule has 0 aliphatic carbocycles. The van der Waals surface area contributed by atoms with Crippen LogP contribution in [-0.2, 0) is 25.7 Å². The number of fused-ring (bicyclic) bond motifs is 1. The Labute approximate surface area is 240 Å². The fourth-order valence-electron chi connectivity index (χ4n) is 4.54. The normalized spacial score (nSPS) is 16.4. The zero-order valence-electron chi connectivity index (χ0n) is 19.9. The number of cyclic esters (lactones) is 2. The molecule has 37 heavy (non-hydrogen) atoms. The third-order valence-corrected chi connectivity index (χ3v) is 7.77. The van der Waals surface area contributed by atoms with E-state index in [1.54, 1.807) is 26.0 Å². The highest BCUT2D eigenvalue weighted by atomic mass is 127. The molecule has 5 rings (SSSR count). The van der Waals surface area contributed by atoms with Crippen LogP contribution in [0.5, 0.6) is 5.75 Å². The minimum atomic E-state index is -1.32. The van der Waals surface area contributed by atoms with Crippen LogP contribution in [0.2, 0.25) is 0 Å². The number of esters is 2. The fourth-order valence-corrected chi connectivity index (χ4v) is 6.66. The summed E-state index contributed by atoms with van der Waals surface area (Å²) in [4.78, 5) is 29.6. The number of aromatic amines is 1. The van der Waals surface area contributed by atoms with Crippen LogP contribution in [0.15, 0.2) is 66.9 Å². The molecule has 1 atom stereocenters. The number of ether oxygens (including phenoxy) is 3. The minimum absolute atomic E-state index is 0.272. The molecule has 9 heteroatoms. The van der Waals surface area contributed by atoms with Crippen LogP contribution in [0.4, 0.5) is 4.39 Å². The number of halogens is 3. The molecule has 0 spiro atoms. The maximum absolute atomic E-state index is 13.3. The number of nitrogens with one attached hydrogen (secondary N) is 1. The van der Waals surface area contributed by atoms with Crippen molar-refractivity contribution in [1.82, 2.24) is 4.98 Å². The molecule has 1 aliphatic heterocycles. The minimum Gasteiger partial charge on any atom is -0.487 e. The van der Waals surface area contributed by atoms with Crippen molar-refractivity contribution < 1.29 is 28.2 Å². The molecule has 6 nitrogen and oxygen atoms in total. The van der Waals surface area contributed by atoms with Gasteiger partial charge in [-0.3, -0.25) is 9.59 Å². The predicted molar refractivity (Wildman–Crippen MR) is 153 cm³/mol. The number of H-pyrrole nitrogens is 1. The Morgan fingerprint density at radius 3 is 2.27 bits per heavy atom. The molecule has 1 N–H and O–H groups in total. The van der Waals surface area contributed by atoms with Crippen LogP contribution >= 0.6 is 45.2 Å². The Hall–Kier alpha value is -2.67. The van der Waals surface area contributed by atoms with Gasteiger partial charge in [-0.15, -0.1) is 0 Å². The van der Waals surface area contributed by atoms with Gasteiger partial charge in [0.05, 0.1) is 7.14 Å². The molecule has 0 radical (unpaired) electrons. The molecule has 0 bridgehead atoms. The molecule has 0 unspecified atom stereocenters. The van der Waals surface area contributed by atoms with Crippen LogP contribution in [-0.4, -0.2) is 22.7 Å². The summed E-state index contributed by atoms with van der Waals surface area (Å²) in [5.74, 6) is -4.04. The summed E-state index contributed by atoms with van der Waals surface area (Å²) in [7, 11) is 0. The van der Waals surface area contributed by atoms with Crippen molar-refractivity contribution in [2.24, 2.45) is 5.92 Å². The van der Waals surface area contributed by atoms with Gasteiger partial charge >= 0.3 is 11.9 Å². The Kier molecular flexibility index (Phi) is 7.18. The largest absolute Gasteiger partial charge is 0.487 e. The van der Waals surface area contributed by atoms with Gasteiger partial charge in [0.2, 0.25) is 0 Å². The summed E-state index contributed by atoms with van der Waals surface area (Å²) in [5.41, 5.74) is 3.28. The molecule has 1 aliphatic rings. The van der Waals surface area contributed by atoms with Crippen LogP contribution in [0.3, 0.4) is 0 Å². The van der Waals surface area contributed by atoms with Crippen LogP contribution in [0, 0.1) is 18.9 Å². The quantitative estimate of drug-likeness (QED) is 0.137. The van der Waals surface area contributed by atoms with E-state index < -0.39 is 29.6 Å². The average molecular weight is 725 g/mol. The zero-order valence-corrected chi connectivity index (χ0v) is 24.2. The smallest absolute Gasteiger partial charge is 0.324 e. The maximum atomic E-state index is 13.3. The average Bonchev–Trinajstić information content (AvgIpc) is 3.25. The van der Waals surface area contributed by atoms with E-state index in [1.807, 2.05) is 42.6 Å². The Balaban J connectivity index is 1.56. The SMILES string of the molecule is CC1(C)OC(=O)C([C@@H](c2cc(I)c(OCc3ccc(F)cc3)c(I)c2)c2c[nH]c3ccccc23)C(=O)O1. The molecule has 0 amide bonds. The molecule has 1 aromatic heterocycles. The first-order chi connectivity index (χ1) is 17.6. The van der Waals surface area contributed by atoms with Gasteiger partial charge in [-0.1, -0.05) is 30.3 Å². The molecular weight excluding hydrogens is 703 g/mol. The third kappa shape index (κ3) is 5.33. The van der Waals surface area contributed by atoms with Crippen molar-refractivity contribution in [1.29, 1.82) is 0 Å². The van der Waals surface area contributed by atoms with E-state index in [2.05, 4.69) is 50.2 Å². The molecule has 190 valence electrons. The number of aromatic nitrogens is 1. The molecule has 1 fully saturated rings. The Morgan fingerprint density at radius 2 is 1.62 bits per heavy atom. The van der Waals surface area contributed by atoms with E-state index in [9.17, 15) is 14.0 Å². The van der Waals surface area contributed by atoms with Crippen molar-refractivity contribution in [2.45, 2.75) is 32.2 Å². The van der Waals surface area contributed by atoms with Gasteiger partial charge in [0.1, 0.15) is 18.2 Å². The number of para-hydroxylation sites is 1. The first-order valence-electron chi connectivity index (χ1n) is 11.5. The summed E-state index contributed by atoms with van der Waals surface area (Å²) < 4.78 is 32.0. The monoisotopic (exact) mass is 725 g/mol. The lowest BCUT2D eigenvalue weighted by Crippen LogP contribution is -2.48. The van der Waals surface area contributed by atoms with E-state index in [0.717, 1.165) is 34.7 Å². The number of rotatable bonds is 6. The van der Waals surface area contributed by atoms with Gasteiger partial charge < -0.3 is 19.2 Å². The molecule has 2 heterocycles. The van der Waals surface area contributed by atoms with Crippen LogP contribution < -0.4 is 4.74 Å². The van der Waals surface area contributed by atoms with Crippen molar-refractivity contribution in [3.63, 3.8) is 0 Å². The van der Waals surface area contributed by atoms with E-state index in [1.165, 1.54) is 12.1 Å². The van der Waals surface area contributed by atoms with E-state index in [-0.39, 0.29) is 12.4 Å². The van der Waals surface area contributed by atoms with E-state index in [0.29, 0.717) is 5.75 Å². The number of carbonyl (C=O) groups excluding carboxylic acids is 2.